The first-order valence-electron chi connectivity index (χ1n) is 6.63. The van der Waals surface area contributed by atoms with Gasteiger partial charge in [0.15, 0.2) is 0 Å². The second-order valence-corrected chi connectivity index (χ2v) is 5.09. The average Bonchev–Trinajstić information content (AvgIpc) is 2.74. The molecule has 3 heteroatoms. The van der Waals surface area contributed by atoms with Crippen molar-refractivity contribution in [1.29, 1.82) is 0 Å². The summed E-state index contributed by atoms with van der Waals surface area (Å²) in [6, 6.07) is 0.618. The smallest absolute Gasteiger partial charge is 0.141 e. The molecule has 1 saturated heterocycles. The quantitative estimate of drug-likeness (QED) is 0.830. The molecule has 1 aromatic heterocycles. The van der Waals surface area contributed by atoms with E-state index in [4.69, 9.17) is 4.52 Å². The number of aryl methyl sites for hydroxylation is 1. The van der Waals surface area contributed by atoms with Crippen molar-refractivity contribution in [1.82, 2.24) is 10.5 Å². The van der Waals surface area contributed by atoms with Gasteiger partial charge in [0.25, 0.3) is 0 Å². The van der Waals surface area contributed by atoms with E-state index < -0.39 is 0 Å². The molecule has 1 aliphatic heterocycles. The zero-order valence-electron chi connectivity index (χ0n) is 9.80. The normalized spacial score (nSPS) is 25.4. The number of rotatable bonds is 2. The van der Waals surface area contributed by atoms with Gasteiger partial charge in [-0.25, -0.2) is 0 Å². The molecule has 3 nitrogen and oxygen atoms in total. The fourth-order valence-electron chi connectivity index (χ4n) is 2.94. The molecule has 3 rings (SSSR count). The fraction of sp³-hybridized carbons (Fsp3) is 0.769. The Morgan fingerprint density at radius 1 is 1.19 bits per heavy atom. The van der Waals surface area contributed by atoms with Crippen LogP contribution in [0.4, 0.5) is 0 Å². The molecule has 0 spiro atoms. The van der Waals surface area contributed by atoms with Gasteiger partial charge in [0.1, 0.15) is 5.76 Å². The molecule has 2 aliphatic rings. The number of nitrogens with one attached hydrogen (secondary N) is 1. The van der Waals surface area contributed by atoms with E-state index in [2.05, 4.69) is 10.5 Å². The summed E-state index contributed by atoms with van der Waals surface area (Å²) in [4.78, 5) is 0. The van der Waals surface area contributed by atoms with Gasteiger partial charge in [-0.05, 0) is 45.1 Å². The van der Waals surface area contributed by atoms with Gasteiger partial charge in [-0.15, -0.1) is 0 Å². The zero-order valence-corrected chi connectivity index (χ0v) is 9.80. The second-order valence-electron chi connectivity index (χ2n) is 5.09. The average molecular weight is 220 g/mol. The Bertz CT molecular complexity index is 353. The molecule has 0 amide bonds. The van der Waals surface area contributed by atoms with Gasteiger partial charge in [-0.2, -0.15) is 0 Å². The SMILES string of the molecule is C1CCC(Cc2onc3c2CCCC3)NC1. The van der Waals surface area contributed by atoms with Gasteiger partial charge in [0.05, 0.1) is 5.69 Å². The summed E-state index contributed by atoms with van der Waals surface area (Å²) < 4.78 is 5.53. The molecule has 0 bridgehead atoms. The van der Waals surface area contributed by atoms with Crippen molar-refractivity contribution in [3.05, 3.63) is 17.0 Å². The van der Waals surface area contributed by atoms with Gasteiger partial charge in [0, 0.05) is 18.0 Å². The van der Waals surface area contributed by atoms with Gasteiger partial charge in [0.2, 0.25) is 0 Å². The Morgan fingerprint density at radius 3 is 3.00 bits per heavy atom. The monoisotopic (exact) mass is 220 g/mol. The molecule has 0 aromatic carbocycles. The highest BCUT2D eigenvalue weighted by Gasteiger charge is 2.22. The predicted molar refractivity (Wildman–Crippen MR) is 62.5 cm³/mol. The topological polar surface area (TPSA) is 38.1 Å². The van der Waals surface area contributed by atoms with Crippen LogP contribution in [0.3, 0.4) is 0 Å². The Morgan fingerprint density at radius 2 is 2.12 bits per heavy atom. The lowest BCUT2D eigenvalue weighted by Gasteiger charge is -2.22. The molecule has 1 N–H and O–H groups in total. The number of nitrogens with zero attached hydrogens (tertiary/aromatic N) is 1. The minimum Gasteiger partial charge on any atom is -0.361 e. The van der Waals surface area contributed by atoms with Crippen molar-refractivity contribution in [2.75, 3.05) is 6.54 Å². The third kappa shape index (κ3) is 2.01. The van der Waals surface area contributed by atoms with Gasteiger partial charge >= 0.3 is 0 Å². The van der Waals surface area contributed by atoms with Crippen LogP contribution in [-0.4, -0.2) is 17.7 Å². The Kier molecular flexibility index (Phi) is 2.96. The number of hydrogen-bond donors (Lipinski definition) is 1. The van der Waals surface area contributed by atoms with E-state index in [1.807, 2.05) is 0 Å². The summed E-state index contributed by atoms with van der Waals surface area (Å²) in [5, 5.41) is 7.80. The highest BCUT2D eigenvalue weighted by atomic mass is 16.5. The zero-order chi connectivity index (χ0) is 10.8. The van der Waals surface area contributed by atoms with Gasteiger partial charge in [-0.1, -0.05) is 11.6 Å². The Balaban J connectivity index is 1.71. The first kappa shape index (κ1) is 10.3. The summed E-state index contributed by atoms with van der Waals surface area (Å²) in [5.41, 5.74) is 2.66. The first-order valence-corrected chi connectivity index (χ1v) is 6.63. The predicted octanol–water partition coefficient (Wildman–Crippen LogP) is 2.24. The molecular formula is C13H20N2O. The van der Waals surface area contributed by atoms with Crippen LogP contribution in [0.5, 0.6) is 0 Å². The van der Waals surface area contributed by atoms with Crippen molar-refractivity contribution in [3.8, 4) is 0 Å². The number of aromatic nitrogens is 1. The third-order valence-corrected chi connectivity index (χ3v) is 3.89. The molecule has 1 atom stereocenters. The van der Waals surface area contributed by atoms with E-state index in [-0.39, 0.29) is 0 Å². The van der Waals surface area contributed by atoms with Crippen molar-refractivity contribution in [3.63, 3.8) is 0 Å². The number of piperidine rings is 1. The van der Waals surface area contributed by atoms with E-state index in [0.29, 0.717) is 6.04 Å². The first-order chi connectivity index (χ1) is 7.93. The summed E-state index contributed by atoms with van der Waals surface area (Å²) in [6.07, 6.45) is 9.90. The molecule has 1 aliphatic carbocycles. The van der Waals surface area contributed by atoms with Crippen LogP contribution >= 0.6 is 0 Å². The van der Waals surface area contributed by atoms with E-state index >= 15 is 0 Å². The second kappa shape index (κ2) is 4.58. The largest absolute Gasteiger partial charge is 0.361 e. The van der Waals surface area contributed by atoms with E-state index in [1.165, 1.54) is 56.3 Å². The minimum atomic E-state index is 0.618. The third-order valence-electron chi connectivity index (χ3n) is 3.89. The standard InChI is InChI=1S/C13H20N2O/c1-2-7-12-11(6-1)13(16-15-12)9-10-5-3-4-8-14-10/h10,14H,1-9H2. The summed E-state index contributed by atoms with van der Waals surface area (Å²) in [6.45, 7) is 1.17. The number of hydrogen-bond acceptors (Lipinski definition) is 3. The van der Waals surface area contributed by atoms with E-state index in [9.17, 15) is 0 Å². The Labute approximate surface area is 96.6 Å². The highest BCUT2D eigenvalue weighted by molar-refractivity contribution is 5.26. The lowest BCUT2D eigenvalue weighted by Crippen LogP contribution is -2.35. The van der Waals surface area contributed by atoms with Gasteiger partial charge in [-0.3, -0.25) is 0 Å². The van der Waals surface area contributed by atoms with Crippen molar-refractivity contribution in [2.24, 2.45) is 0 Å². The molecule has 2 heterocycles. The van der Waals surface area contributed by atoms with Crippen LogP contribution in [0.25, 0.3) is 0 Å². The molecular weight excluding hydrogens is 200 g/mol. The highest BCUT2D eigenvalue weighted by Crippen LogP contribution is 2.25. The van der Waals surface area contributed by atoms with Crippen LogP contribution in [0.2, 0.25) is 0 Å². The Hall–Kier alpha value is -0.830. The maximum Gasteiger partial charge on any atom is 0.141 e. The lowest BCUT2D eigenvalue weighted by molar-refractivity contribution is 0.334. The molecule has 1 aromatic rings. The molecule has 88 valence electrons. The molecule has 0 saturated carbocycles. The van der Waals surface area contributed by atoms with Crippen molar-refractivity contribution < 1.29 is 4.52 Å². The maximum atomic E-state index is 5.53. The maximum absolute atomic E-state index is 5.53. The molecule has 1 fully saturated rings. The van der Waals surface area contributed by atoms with Crippen LogP contribution in [-0.2, 0) is 19.3 Å². The molecule has 1 unspecified atom stereocenters. The van der Waals surface area contributed by atoms with Crippen molar-refractivity contribution >= 4 is 0 Å². The molecule has 0 radical (unpaired) electrons. The van der Waals surface area contributed by atoms with E-state index in [1.54, 1.807) is 0 Å². The minimum absolute atomic E-state index is 0.618. The van der Waals surface area contributed by atoms with E-state index in [0.717, 1.165) is 18.6 Å². The summed E-state index contributed by atoms with van der Waals surface area (Å²) in [5.74, 6) is 1.16. The summed E-state index contributed by atoms with van der Waals surface area (Å²) >= 11 is 0. The molecule has 16 heavy (non-hydrogen) atoms. The van der Waals surface area contributed by atoms with Crippen LogP contribution < -0.4 is 5.32 Å². The van der Waals surface area contributed by atoms with Gasteiger partial charge < -0.3 is 9.84 Å². The number of fused-ring (bicyclic) bond motifs is 1. The van der Waals surface area contributed by atoms with Crippen molar-refractivity contribution in [2.45, 2.75) is 57.4 Å². The van der Waals surface area contributed by atoms with Crippen LogP contribution in [0, 0.1) is 0 Å². The van der Waals surface area contributed by atoms with Crippen LogP contribution in [0.1, 0.15) is 49.1 Å². The fourth-order valence-corrected chi connectivity index (χ4v) is 2.94. The van der Waals surface area contributed by atoms with Crippen LogP contribution in [0.15, 0.2) is 4.52 Å². The lowest BCUT2D eigenvalue weighted by atomic mass is 9.92. The summed E-state index contributed by atoms with van der Waals surface area (Å²) in [7, 11) is 0.